The fourth-order valence-corrected chi connectivity index (χ4v) is 1.32. The van der Waals surface area contributed by atoms with Crippen LogP contribution in [0.4, 0.5) is 22.0 Å². The molecule has 94 valence electrons. The molecule has 0 saturated carbocycles. The van der Waals surface area contributed by atoms with Gasteiger partial charge in [-0.2, -0.15) is 13.2 Å². The van der Waals surface area contributed by atoms with Crippen LogP contribution < -0.4 is 0 Å². The number of halogens is 5. The van der Waals surface area contributed by atoms with Crippen LogP contribution in [-0.4, -0.2) is 10.9 Å². The molecule has 1 aromatic rings. The molecule has 2 nitrogen and oxygen atoms in total. The molecule has 17 heavy (non-hydrogen) atoms. The Labute approximate surface area is 92.7 Å². The maximum Gasteiger partial charge on any atom is 0.416 e. The summed E-state index contributed by atoms with van der Waals surface area (Å²) in [5, 5.41) is 9.12. The Kier molecular flexibility index (Phi) is 3.40. The topological polar surface area (TPSA) is 37.3 Å². The summed E-state index contributed by atoms with van der Waals surface area (Å²) in [6.07, 6.45) is -8.04. The van der Waals surface area contributed by atoms with Crippen molar-refractivity contribution in [2.45, 2.75) is 19.5 Å². The van der Waals surface area contributed by atoms with Gasteiger partial charge in [-0.15, -0.1) is 0 Å². The third-order valence-electron chi connectivity index (χ3n) is 2.08. The second kappa shape index (κ2) is 4.31. The number of Topliss-reactive ketones (excluding diaryl/α,β-unsaturated/α-hetero) is 1. The van der Waals surface area contributed by atoms with Crippen LogP contribution in [0.2, 0.25) is 0 Å². The third-order valence-corrected chi connectivity index (χ3v) is 2.08. The molecule has 0 atom stereocenters. The molecule has 1 N–H and O–H groups in total. The Morgan fingerprint density at radius 3 is 2.18 bits per heavy atom. The van der Waals surface area contributed by atoms with Gasteiger partial charge in [-0.05, 0) is 19.1 Å². The lowest BCUT2D eigenvalue weighted by molar-refractivity contribution is -0.137. The normalized spacial score (nSPS) is 11.9. The van der Waals surface area contributed by atoms with E-state index in [0.717, 1.165) is 6.92 Å². The number of aromatic hydroxyl groups is 1. The van der Waals surface area contributed by atoms with Crippen molar-refractivity contribution in [3.8, 4) is 5.75 Å². The van der Waals surface area contributed by atoms with Crippen LogP contribution in [-0.2, 0) is 6.18 Å². The number of carbonyl (C=O) groups excluding carboxylic acids is 1. The zero-order valence-corrected chi connectivity index (χ0v) is 8.48. The SMILES string of the molecule is CC(=O)c1cc(C(F)(F)F)cc(O)c1C(F)F. The van der Waals surface area contributed by atoms with Gasteiger partial charge in [0.2, 0.25) is 0 Å². The molecule has 0 fully saturated rings. The van der Waals surface area contributed by atoms with Crippen molar-refractivity contribution in [1.29, 1.82) is 0 Å². The second-order valence-corrected chi connectivity index (χ2v) is 3.31. The van der Waals surface area contributed by atoms with Gasteiger partial charge in [-0.3, -0.25) is 4.79 Å². The number of benzene rings is 1. The van der Waals surface area contributed by atoms with Gasteiger partial charge in [0.15, 0.2) is 5.78 Å². The van der Waals surface area contributed by atoms with Gasteiger partial charge in [0.1, 0.15) is 5.75 Å². The summed E-state index contributed by atoms with van der Waals surface area (Å²) >= 11 is 0. The summed E-state index contributed by atoms with van der Waals surface area (Å²) < 4.78 is 62.0. The van der Waals surface area contributed by atoms with Crippen molar-refractivity contribution in [2.24, 2.45) is 0 Å². The Bertz CT molecular complexity index is 451. The van der Waals surface area contributed by atoms with E-state index >= 15 is 0 Å². The predicted molar refractivity (Wildman–Crippen MR) is 48.1 cm³/mol. The van der Waals surface area contributed by atoms with Crippen LogP contribution in [0, 0.1) is 0 Å². The van der Waals surface area contributed by atoms with Crippen LogP contribution >= 0.6 is 0 Å². The van der Waals surface area contributed by atoms with E-state index in [1.807, 2.05) is 0 Å². The highest BCUT2D eigenvalue weighted by Gasteiger charge is 2.34. The largest absolute Gasteiger partial charge is 0.507 e. The molecule has 0 aliphatic carbocycles. The number of ketones is 1. The monoisotopic (exact) mass is 254 g/mol. The zero-order valence-electron chi connectivity index (χ0n) is 8.48. The number of rotatable bonds is 2. The highest BCUT2D eigenvalue weighted by Crippen LogP contribution is 2.38. The Morgan fingerprint density at radius 1 is 1.29 bits per heavy atom. The van der Waals surface area contributed by atoms with E-state index in [4.69, 9.17) is 5.11 Å². The minimum atomic E-state index is -4.82. The molecule has 0 aliphatic heterocycles. The van der Waals surface area contributed by atoms with Gasteiger partial charge in [0.05, 0.1) is 11.1 Å². The standard InChI is InChI=1S/C10H7F5O2/c1-4(16)6-2-5(10(13,14)15)3-7(17)8(6)9(11)12/h2-3,9,17H,1H3. The Balaban J connectivity index is 3.53. The summed E-state index contributed by atoms with van der Waals surface area (Å²) in [7, 11) is 0. The van der Waals surface area contributed by atoms with Gasteiger partial charge in [0.25, 0.3) is 6.43 Å². The minimum Gasteiger partial charge on any atom is -0.507 e. The van der Waals surface area contributed by atoms with Crippen molar-refractivity contribution < 1.29 is 31.9 Å². The van der Waals surface area contributed by atoms with Crippen LogP contribution in [0.5, 0.6) is 5.75 Å². The smallest absolute Gasteiger partial charge is 0.416 e. The van der Waals surface area contributed by atoms with Crippen molar-refractivity contribution in [2.75, 3.05) is 0 Å². The average molecular weight is 254 g/mol. The highest BCUT2D eigenvalue weighted by atomic mass is 19.4. The van der Waals surface area contributed by atoms with E-state index < -0.39 is 40.8 Å². The molecule has 0 heterocycles. The molecule has 7 heteroatoms. The van der Waals surface area contributed by atoms with E-state index in [9.17, 15) is 26.7 Å². The third kappa shape index (κ3) is 2.72. The summed E-state index contributed by atoms with van der Waals surface area (Å²) in [4.78, 5) is 11.0. The first-order valence-corrected chi connectivity index (χ1v) is 4.37. The van der Waals surface area contributed by atoms with Crippen LogP contribution in [0.3, 0.4) is 0 Å². The molecule has 0 aliphatic rings. The van der Waals surface area contributed by atoms with Gasteiger partial charge >= 0.3 is 6.18 Å². The first kappa shape index (κ1) is 13.4. The maximum atomic E-state index is 12.5. The molecule has 0 amide bonds. The first-order valence-electron chi connectivity index (χ1n) is 4.37. The van der Waals surface area contributed by atoms with E-state index in [-0.39, 0.29) is 6.07 Å². The Morgan fingerprint density at radius 2 is 1.82 bits per heavy atom. The molecule has 0 saturated heterocycles. The molecule has 0 radical (unpaired) electrons. The fraction of sp³-hybridized carbons (Fsp3) is 0.300. The number of carbonyl (C=O) groups is 1. The molecule has 0 aromatic heterocycles. The van der Waals surface area contributed by atoms with Gasteiger partial charge < -0.3 is 5.11 Å². The molecule has 0 unspecified atom stereocenters. The summed E-state index contributed by atoms with van der Waals surface area (Å²) in [6, 6.07) is 0.484. The van der Waals surface area contributed by atoms with E-state index in [0.29, 0.717) is 6.07 Å². The Hall–Kier alpha value is -1.66. The van der Waals surface area contributed by atoms with Crippen molar-refractivity contribution in [1.82, 2.24) is 0 Å². The summed E-state index contributed by atoms with van der Waals surface area (Å²) in [5.41, 5.74) is -3.25. The van der Waals surface area contributed by atoms with Crippen molar-refractivity contribution in [3.63, 3.8) is 0 Å². The zero-order chi connectivity index (χ0) is 13.4. The van der Waals surface area contributed by atoms with Gasteiger partial charge in [-0.1, -0.05) is 0 Å². The maximum absolute atomic E-state index is 12.5. The lowest BCUT2D eigenvalue weighted by Gasteiger charge is -2.13. The number of phenols is 1. The number of alkyl halides is 5. The van der Waals surface area contributed by atoms with Crippen LogP contribution in [0.15, 0.2) is 12.1 Å². The van der Waals surface area contributed by atoms with Gasteiger partial charge in [-0.25, -0.2) is 8.78 Å². The number of phenolic OH excluding ortho intramolecular Hbond substituents is 1. The lowest BCUT2D eigenvalue weighted by Crippen LogP contribution is -2.09. The number of hydrogen-bond donors (Lipinski definition) is 1. The van der Waals surface area contributed by atoms with E-state index in [1.165, 1.54) is 0 Å². The minimum absolute atomic E-state index is 0.175. The molecular formula is C10H7F5O2. The second-order valence-electron chi connectivity index (χ2n) is 3.31. The molecule has 1 aromatic carbocycles. The van der Waals surface area contributed by atoms with Crippen molar-refractivity contribution >= 4 is 5.78 Å². The van der Waals surface area contributed by atoms with E-state index in [1.54, 1.807) is 0 Å². The van der Waals surface area contributed by atoms with Crippen molar-refractivity contribution in [3.05, 3.63) is 28.8 Å². The van der Waals surface area contributed by atoms with Gasteiger partial charge in [0, 0.05) is 5.56 Å². The predicted octanol–water partition coefficient (Wildman–Crippen LogP) is 3.55. The quantitative estimate of drug-likeness (QED) is 0.647. The summed E-state index contributed by atoms with van der Waals surface area (Å²) in [6.45, 7) is 0.848. The summed E-state index contributed by atoms with van der Waals surface area (Å²) in [5.74, 6) is -2.21. The number of hydrogen-bond acceptors (Lipinski definition) is 2. The van der Waals surface area contributed by atoms with Crippen LogP contribution in [0.1, 0.15) is 34.8 Å². The lowest BCUT2D eigenvalue weighted by atomic mass is 10.00. The van der Waals surface area contributed by atoms with Crippen LogP contribution in [0.25, 0.3) is 0 Å². The first-order chi connectivity index (χ1) is 7.64. The fourth-order valence-electron chi connectivity index (χ4n) is 1.32. The molecular weight excluding hydrogens is 247 g/mol. The molecule has 0 bridgehead atoms. The average Bonchev–Trinajstić information content (AvgIpc) is 2.13. The van der Waals surface area contributed by atoms with E-state index in [2.05, 4.69) is 0 Å². The molecule has 0 spiro atoms. The molecule has 1 rings (SSSR count). The highest BCUT2D eigenvalue weighted by molar-refractivity contribution is 5.96.